The fourth-order valence-electron chi connectivity index (χ4n) is 3.72. The van der Waals surface area contributed by atoms with Crippen molar-refractivity contribution in [1.82, 2.24) is 0 Å². The van der Waals surface area contributed by atoms with E-state index in [-0.39, 0.29) is 40.6 Å². The number of benzene rings is 3. The zero-order chi connectivity index (χ0) is 25.6. The van der Waals surface area contributed by atoms with E-state index in [1.165, 1.54) is 17.0 Å². The zero-order valence-corrected chi connectivity index (χ0v) is 19.7. The van der Waals surface area contributed by atoms with E-state index >= 15 is 0 Å². The quantitative estimate of drug-likeness (QED) is 0.371. The molecule has 0 aliphatic carbocycles. The molecule has 12 heteroatoms. The third-order valence-electron chi connectivity index (χ3n) is 5.56. The van der Waals surface area contributed by atoms with Crippen LogP contribution in [0.5, 0.6) is 0 Å². The van der Waals surface area contributed by atoms with Gasteiger partial charge >= 0.3 is 12.4 Å². The molecule has 0 aromatic heterocycles. The number of fused-ring (bicyclic) bond motifs is 1. The molecular formula is C24H16BrF7N2O2. The Balaban J connectivity index is 0.00000361. The Bertz CT molecular complexity index is 1270. The molecule has 1 amide bonds. The summed E-state index contributed by atoms with van der Waals surface area (Å²) in [5.41, 5.74) is -4.99. The van der Waals surface area contributed by atoms with Crippen molar-refractivity contribution in [2.24, 2.45) is 4.99 Å². The first-order chi connectivity index (χ1) is 16.3. The summed E-state index contributed by atoms with van der Waals surface area (Å²) >= 11 is 0. The van der Waals surface area contributed by atoms with E-state index in [1.54, 1.807) is 24.3 Å². The van der Waals surface area contributed by atoms with Gasteiger partial charge in [-0.15, -0.1) is 17.0 Å². The van der Waals surface area contributed by atoms with Crippen molar-refractivity contribution in [3.8, 4) is 0 Å². The van der Waals surface area contributed by atoms with Gasteiger partial charge in [0.15, 0.2) is 0 Å². The Morgan fingerprint density at radius 3 is 1.94 bits per heavy atom. The number of alkyl halides is 6. The number of hydrogen-bond acceptors (Lipinski definition) is 2. The number of amides is 1. The Kier molecular flexibility index (Phi) is 7.34. The molecule has 0 atom stereocenters. The van der Waals surface area contributed by atoms with E-state index in [2.05, 4.69) is 4.99 Å². The predicted octanol–water partition coefficient (Wildman–Crippen LogP) is 6.32. The smallest absolute Gasteiger partial charge is 0.369 e. The SMILES string of the molecule is Br.O=C(N=C1c2ccccc2CN1c1ccc(C(O)(C(F)(F)F)C(F)(F)F)cc1)c1ccc(F)cc1. The second-order valence-electron chi connectivity index (χ2n) is 7.74. The maximum atomic E-state index is 13.2. The molecule has 1 aliphatic heterocycles. The first kappa shape index (κ1) is 27.3. The van der Waals surface area contributed by atoms with Gasteiger partial charge in [-0.3, -0.25) is 4.79 Å². The summed E-state index contributed by atoms with van der Waals surface area (Å²) in [6, 6.07) is 14.4. The van der Waals surface area contributed by atoms with Crippen molar-refractivity contribution >= 4 is 34.4 Å². The number of halogens is 8. The molecule has 1 N–H and O–H groups in total. The average Bonchev–Trinajstić information content (AvgIpc) is 3.16. The van der Waals surface area contributed by atoms with Crippen LogP contribution >= 0.6 is 17.0 Å². The maximum absolute atomic E-state index is 13.2. The monoisotopic (exact) mass is 576 g/mol. The standard InChI is InChI=1S/C24H15F7N2O2.BrH/c25-17-9-5-14(6-10-17)21(34)32-20-19-4-2-1-3-15(19)13-33(20)18-11-7-16(8-12-18)22(35,23(26,27)28)24(29,30)31;/h1-12,35H,13H2;1H. The normalized spacial score (nSPS) is 15.0. The van der Waals surface area contributed by atoms with Gasteiger partial charge in [0, 0.05) is 22.4 Å². The summed E-state index contributed by atoms with van der Waals surface area (Å²) in [6.07, 6.45) is -12.0. The van der Waals surface area contributed by atoms with Gasteiger partial charge in [-0.1, -0.05) is 36.4 Å². The molecule has 0 bridgehead atoms. The van der Waals surface area contributed by atoms with Crippen molar-refractivity contribution in [2.45, 2.75) is 24.5 Å². The first-order valence-electron chi connectivity index (χ1n) is 10.0. The number of amidine groups is 1. The summed E-state index contributed by atoms with van der Waals surface area (Å²) in [4.78, 5) is 18.2. The molecule has 0 fully saturated rings. The number of aliphatic hydroxyl groups is 1. The highest BCUT2D eigenvalue weighted by Gasteiger charge is 2.71. The van der Waals surface area contributed by atoms with Crippen molar-refractivity contribution in [3.05, 3.63) is 101 Å². The molecule has 0 unspecified atom stereocenters. The summed E-state index contributed by atoms with van der Waals surface area (Å²) in [7, 11) is 0. The molecule has 0 radical (unpaired) electrons. The molecule has 0 saturated heterocycles. The highest BCUT2D eigenvalue weighted by Crippen LogP contribution is 2.50. The third kappa shape index (κ3) is 4.74. The van der Waals surface area contributed by atoms with Gasteiger partial charge in [0.25, 0.3) is 11.5 Å². The minimum absolute atomic E-state index is 0. The van der Waals surface area contributed by atoms with Crippen LogP contribution in [0, 0.1) is 5.82 Å². The topological polar surface area (TPSA) is 52.9 Å². The van der Waals surface area contributed by atoms with Gasteiger partial charge in [-0.2, -0.15) is 31.3 Å². The molecule has 4 rings (SSSR count). The van der Waals surface area contributed by atoms with Gasteiger partial charge in [-0.25, -0.2) is 4.39 Å². The molecule has 190 valence electrons. The molecule has 4 nitrogen and oxygen atoms in total. The van der Waals surface area contributed by atoms with E-state index in [9.17, 15) is 40.6 Å². The van der Waals surface area contributed by atoms with Crippen LogP contribution in [0.4, 0.5) is 36.4 Å². The number of hydrogen-bond donors (Lipinski definition) is 1. The predicted molar refractivity (Wildman–Crippen MR) is 123 cm³/mol. The molecule has 0 spiro atoms. The molecule has 1 heterocycles. The van der Waals surface area contributed by atoms with Gasteiger partial charge in [0.2, 0.25) is 0 Å². The lowest BCUT2D eigenvalue weighted by Gasteiger charge is -2.33. The highest BCUT2D eigenvalue weighted by molar-refractivity contribution is 8.93. The summed E-state index contributed by atoms with van der Waals surface area (Å²) in [5, 5.41) is 9.61. The van der Waals surface area contributed by atoms with Crippen LogP contribution in [0.3, 0.4) is 0 Å². The zero-order valence-electron chi connectivity index (χ0n) is 17.9. The Labute approximate surface area is 210 Å². The number of carbonyl (C=O) groups excluding carboxylic acids is 1. The Morgan fingerprint density at radius 1 is 0.833 bits per heavy atom. The fraction of sp³-hybridized carbons (Fsp3) is 0.167. The molecule has 36 heavy (non-hydrogen) atoms. The molecule has 0 saturated carbocycles. The van der Waals surface area contributed by atoms with E-state index in [4.69, 9.17) is 0 Å². The van der Waals surface area contributed by atoms with Gasteiger partial charge in [-0.05, 0) is 42.0 Å². The Morgan fingerprint density at radius 2 is 1.39 bits per heavy atom. The second kappa shape index (κ2) is 9.66. The first-order valence-corrected chi connectivity index (χ1v) is 10.0. The third-order valence-corrected chi connectivity index (χ3v) is 5.56. The van der Waals surface area contributed by atoms with E-state index in [1.807, 2.05) is 0 Å². The van der Waals surface area contributed by atoms with Crippen molar-refractivity contribution in [3.63, 3.8) is 0 Å². The largest absolute Gasteiger partial charge is 0.430 e. The second-order valence-corrected chi connectivity index (χ2v) is 7.74. The maximum Gasteiger partial charge on any atom is 0.430 e. The van der Waals surface area contributed by atoms with Crippen LogP contribution in [0.2, 0.25) is 0 Å². The molecular weight excluding hydrogens is 561 g/mol. The van der Waals surface area contributed by atoms with E-state index < -0.39 is 35.2 Å². The molecule has 3 aromatic rings. The number of rotatable bonds is 3. The lowest BCUT2D eigenvalue weighted by Crippen LogP contribution is -2.53. The average molecular weight is 577 g/mol. The van der Waals surface area contributed by atoms with Gasteiger partial charge in [0.05, 0.1) is 6.54 Å². The Hall–Kier alpha value is -3.25. The van der Waals surface area contributed by atoms with Crippen LogP contribution < -0.4 is 4.90 Å². The van der Waals surface area contributed by atoms with E-state index in [0.717, 1.165) is 24.3 Å². The summed E-state index contributed by atoms with van der Waals surface area (Å²) in [5.74, 6) is -1.16. The van der Waals surface area contributed by atoms with E-state index in [0.29, 0.717) is 23.3 Å². The lowest BCUT2D eigenvalue weighted by atomic mass is 9.92. The van der Waals surface area contributed by atoms with Crippen LogP contribution in [-0.2, 0) is 12.1 Å². The van der Waals surface area contributed by atoms with Crippen molar-refractivity contribution in [2.75, 3.05) is 4.90 Å². The summed E-state index contributed by atoms with van der Waals surface area (Å²) < 4.78 is 92.4. The highest BCUT2D eigenvalue weighted by atomic mass is 79.9. The van der Waals surface area contributed by atoms with Gasteiger partial charge in [0.1, 0.15) is 11.7 Å². The number of carbonyl (C=O) groups is 1. The van der Waals surface area contributed by atoms with Gasteiger partial charge < -0.3 is 10.0 Å². The van der Waals surface area contributed by atoms with Crippen LogP contribution in [0.25, 0.3) is 0 Å². The van der Waals surface area contributed by atoms with Crippen molar-refractivity contribution < 1.29 is 40.6 Å². The number of aliphatic imine (C=N–C) groups is 1. The van der Waals surface area contributed by atoms with Crippen molar-refractivity contribution in [1.29, 1.82) is 0 Å². The number of anilines is 1. The minimum Gasteiger partial charge on any atom is -0.369 e. The fourth-order valence-corrected chi connectivity index (χ4v) is 3.72. The molecule has 1 aliphatic rings. The number of nitrogens with zero attached hydrogens (tertiary/aromatic N) is 2. The van der Waals surface area contributed by atoms with Crippen LogP contribution in [0.1, 0.15) is 27.0 Å². The lowest BCUT2D eigenvalue weighted by molar-refractivity contribution is -0.376. The minimum atomic E-state index is -6.01. The molecule has 3 aromatic carbocycles. The van der Waals surface area contributed by atoms with Crippen LogP contribution in [-0.4, -0.2) is 29.2 Å². The van der Waals surface area contributed by atoms with Crippen LogP contribution in [0.15, 0.2) is 77.8 Å². The summed E-state index contributed by atoms with van der Waals surface area (Å²) in [6.45, 7) is 0.133.